The van der Waals surface area contributed by atoms with Crippen LogP contribution in [0.1, 0.15) is 24.0 Å². The number of hydrogen-bond donors (Lipinski definition) is 2. The molecular formula is C20H23N5O. The van der Waals surface area contributed by atoms with Crippen LogP contribution in [0.3, 0.4) is 0 Å². The quantitative estimate of drug-likeness (QED) is 0.887. The van der Waals surface area contributed by atoms with Crippen molar-refractivity contribution in [3.05, 3.63) is 53.7 Å². The predicted octanol–water partition coefficient (Wildman–Crippen LogP) is 3.30. The van der Waals surface area contributed by atoms with Gasteiger partial charge in [0.2, 0.25) is 0 Å². The summed E-state index contributed by atoms with van der Waals surface area (Å²) in [6.45, 7) is 4.29. The van der Waals surface area contributed by atoms with Gasteiger partial charge in [0, 0.05) is 31.5 Å². The molecule has 2 heterocycles. The smallest absolute Gasteiger partial charge is 0.319 e. The van der Waals surface area contributed by atoms with Crippen LogP contribution in [0, 0.1) is 24.2 Å². The summed E-state index contributed by atoms with van der Waals surface area (Å²) >= 11 is 0. The normalized spacial score (nSPS) is 16.6. The van der Waals surface area contributed by atoms with E-state index in [2.05, 4.69) is 26.6 Å². The largest absolute Gasteiger partial charge is 0.355 e. The minimum atomic E-state index is -0.193. The Bertz CT molecular complexity index is 797. The van der Waals surface area contributed by atoms with Crippen molar-refractivity contribution in [2.75, 3.05) is 29.9 Å². The van der Waals surface area contributed by atoms with E-state index in [-0.39, 0.29) is 6.03 Å². The Morgan fingerprint density at radius 3 is 2.92 bits per heavy atom. The number of benzene rings is 1. The van der Waals surface area contributed by atoms with Crippen molar-refractivity contribution >= 4 is 17.5 Å². The maximum atomic E-state index is 12.1. The van der Waals surface area contributed by atoms with Crippen LogP contribution in [0.15, 0.2) is 42.6 Å². The monoisotopic (exact) mass is 349 g/mol. The Balaban J connectivity index is 1.53. The number of nitrogens with one attached hydrogen (secondary N) is 2. The number of urea groups is 1. The zero-order chi connectivity index (χ0) is 18.4. The van der Waals surface area contributed by atoms with Crippen molar-refractivity contribution in [3.8, 4) is 6.07 Å². The van der Waals surface area contributed by atoms with Crippen LogP contribution >= 0.6 is 0 Å². The van der Waals surface area contributed by atoms with Crippen LogP contribution in [0.4, 0.5) is 16.3 Å². The average molecular weight is 349 g/mol. The summed E-state index contributed by atoms with van der Waals surface area (Å²) in [6.07, 6.45) is 3.79. The van der Waals surface area contributed by atoms with Crippen LogP contribution in [0.2, 0.25) is 0 Å². The first-order valence-electron chi connectivity index (χ1n) is 8.87. The van der Waals surface area contributed by atoms with Gasteiger partial charge in [-0.15, -0.1) is 0 Å². The molecule has 26 heavy (non-hydrogen) atoms. The lowest BCUT2D eigenvalue weighted by atomic mass is 9.97. The molecular weight excluding hydrogens is 326 g/mol. The number of aryl methyl sites for hydroxylation is 1. The summed E-state index contributed by atoms with van der Waals surface area (Å²) in [5, 5.41) is 15.1. The van der Waals surface area contributed by atoms with Gasteiger partial charge in [0.05, 0.1) is 5.56 Å². The third-order valence-electron chi connectivity index (χ3n) is 4.59. The second-order valence-corrected chi connectivity index (χ2v) is 6.64. The molecule has 3 rings (SSSR count). The number of amides is 2. The second-order valence-electron chi connectivity index (χ2n) is 6.64. The third-order valence-corrected chi connectivity index (χ3v) is 4.59. The van der Waals surface area contributed by atoms with Gasteiger partial charge in [-0.05, 0) is 49.9 Å². The van der Waals surface area contributed by atoms with Crippen molar-refractivity contribution in [3.63, 3.8) is 0 Å². The number of nitrogens with zero attached hydrogens (tertiary/aromatic N) is 3. The lowest BCUT2D eigenvalue weighted by molar-refractivity contribution is 0.249. The lowest BCUT2D eigenvalue weighted by Crippen LogP contribution is -2.42. The maximum absolute atomic E-state index is 12.1. The van der Waals surface area contributed by atoms with Crippen molar-refractivity contribution in [1.29, 1.82) is 5.26 Å². The van der Waals surface area contributed by atoms with Crippen molar-refractivity contribution in [1.82, 2.24) is 10.3 Å². The van der Waals surface area contributed by atoms with Crippen LogP contribution in [-0.2, 0) is 0 Å². The van der Waals surface area contributed by atoms with Gasteiger partial charge in [0.25, 0.3) is 0 Å². The minimum absolute atomic E-state index is 0.193. The molecule has 1 aromatic carbocycles. The Labute approximate surface area is 153 Å². The number of carbonyl (C=O) groups is 1. The molecule has 1 aliphatic rings. The first kappa shape index (κ1) is 17.7. The van der Waals surface area contributed by atoms with E-state index in [9.17, 15) is 10.1 Å². The van der Waals surface area contributed by atoms with Gasteiger partial charge < -0.3 is 15.5 Å². The molecule has 1 atom stereocenters. The first-order chi connectivity index (χ1) is 12.7. The highest BCUT2D eigenvalue weighted by Crippen LogP contribution is 2.23. The van der Waals surface area contributed by atoms with E-state index in [4.69, 9.17) is 0 Å². The molecule has 0 aliphatic carbocycles. The van der Waals surface area contributed by atoms with E-state index in [0.29, 0.717) is 18.0 Å². The number of aromatic nitrogens is 1. The molecule has 0 unspecified atom stereocenters. The van der Waals surface area contributed by atoms with E-state index >= 15 is 0 Å². The van der Waals surface area contributed by atoms with Gasteiger partial charge in [0.1, 0.15) is 11.9 Å². The Hall–Kier alpha value is -3.07. The fourth-order valence-electron chi connectivity index (χ4n) is 3.21. The van der Waals surface area contributed by atoms with Crippen LogP contribution in [-0.4, -0.2) is 30.6 Å². The molecule has 1 aromatic heterocycles. The van der Waals surface area contributed by atoms with Gasteiger partial charge in [-0.1, -0.05) is 17.7 Å². The van der Waals surface area contributed by atoms with E-state index in [0.717, 1.165) is 43.0 Å². The highest BCUT2D eigenvalue weighted by molar-refractivity contribution is 5.89. The van der Waals surface area contributed by atoms with E-state index < -0.39 is 0 Å². The van der Waals surface area contributed by atoms with Crippen LogP contribution < -0.4 is 15.5 Å². The number of nitriles is 1. The molecule has 1 fully saturated rings. The van der Waals surface area contributed by atoms with Crippen LogP contribution in [0.25, 0.3) is 0 Å². The molecule has 2 amide bonds. The fourth-order valence-corrected chi connectivity index (χ4v) is 3.21. The molecule has 2 N–H and O–H groups in total. The molecule has 134 valence electrons. The number of piperidine rings is 1. The summed E-state index contributed by atoms with van der Waals surface area (Å²) in [4.78, 5) is 18.6. The van der Waals surface area contributed by atoms with Gasteiger partial charge >= 0.3 is 6.03 Å². The minimum Gasteiger partial charge on any atom is -0.355 e. The van der Waals surface area contributed by atoms with E-state index in [1.54, 1.807) is 18.3 Å². The molecule has 6 nitrogen and oxygen atoms in total. The highest BCUT2D eigenvalue weighted by atomic mass is 16.2. The van der Waals surface area contributed by atoms with Gasteiger partial charge in [0.15, 0.2) is 0 Å². The second kappa shape index (κ2) is 8.34. The predicted molar refractivity (Wildman–Crippen MR) is 102 cm³/mol. The number of anilines is 2. The molecule has 0 saturated carbocycles. The topological polar surface area (TPSA) is 81.1 Å². The molecule has 0 bridgehead atoms. The van der Waals surface area contributed by atoms with Crippen molar-refractivity contribution in [2.45, 2.75) is 19.8 Å². The van der Waals surface area contributed by atoms with Crippen molar-refractivity contribution in [2.24, 2.45) is 5.92 Å². The van der Waals surface area contributed by atoms with E-state index in [1.165, 1.54) is 0 Å². The standard InChI is InChI=1S/C20H23N5O/c1-15-6-8-18(9-7-15)24-20(26)23-13-16-4-3-11-25(14-16)19-17(12-21)5-2-10-22-19/h2,5-10,16H,3-4,11,13-14H2,1H3,(H2,23,24,26)/t16-/m0/s1. The Kier molecular flexibility index (Phi) is 5.69. The molecule has 6 heteroatoms. The number of pyridine rings is 1. The molecule has 2 aromatic rings. The Morgan fingerprint density at radius 1 is 1.35 bits per heavy atom. The number of carbonyl (C=O) groups excluding carboxylic acids is 1. The zero-order valence-electron chi connectivity index (χ0n) is 14.9. The van der Waals surface area contributed by atoms with Gasteiger partial charge in [-0.25, -0.2) is 9.78 Å². The lowest BCUT2D eigenvalue weighted by Gasteiger charge is -2.34. The summed E-state index contributed by atoms with van der Waals surface area (Å²) in [5.74, 6) is 1.07. The number of hydrogen-bond acceptors (Lipinski definition) is 4. The first-order valence-corrected chi connectivity index (χ1v) is 8.87. The summed E-state index contributed by atoms with van der Waals surface area (Å²) in [7, 11) is 0. The molecule has 1 saturated heterocycles. The Morgan fingerprint density at radius 2 is 2.15 bits per heavy atom. The average Bonchev–Trinajstić information content (AvgIpc) is 2.68. The molecule has 0 spiro atoms. The number of rotatable bonds is 4. The maximum Gasteiger partial charge on any atom is 0.319 e. The van der Waals surface area contributed by atoms with E-state index in [1.807, 2.05) is 31.2 Å². The summed E-state index contributed by atoms with van der Waals surface area (Å²) in [6, 6.07) is 13.3. The third kappa shape index (κ3) is 4.51. The van der Waals surface area contributed by atoms with Gasteiger partial charge in [-0.3, -0.25) is 0 Å². The van der Waals surface area contributed by atoms with Crippen LogP contribution in [0.5, 0.6) is 0 Å². The molecule has 0 radical (unpaired) electrons. The zero-order valence-corrected chi connectivity index (χ0v) is 14.9. The highest BCUT2D eigenvalue weighted by Gasteiger charge is 2.23. The van der Waals surface area contributed by atoms with Crippen molar-refractivity contribution < 1.29 is 4.79 Å². The molecule has 1 aliphatic heterocycles. The SMILES string of the molecule is Cc1ccc(NC(=O)NC[C@@H]2CCCN(c3ncccc3C#N)C2)cc1. The summed E-state index contributed by atoms with van der Waals surface area (Å²) < 4.78 is 0. The van der Waals surface area contributed by atoms with Gasteiger partial charge in [-0.2, -0.15) is 5.26 Å². The fraction of sp³-hybridized carbons (Fsp3) is 0.350. The summed E-state index contributed by atoms with van der Waals surface area (Å²) in [5.41, 5.74) is 2.54.